The number of thioether (sulfide) groups is 1. The van der Waals surface area contributed by atoms with E-state index in [2.05, 4.69) is 26.8 Å². The van der Waals surface area contributed by atoms with E-state index in [1.165, 1.54) is 23.2 Å². The maximum absolute atomic E-state index is 12.8. The molecule has 1 fully saturated rings. The maximum Gasteiger partial charge on any atom is 0.352 e. The van der Waals surface area contributed by atoms with E-state index in [-0.39, 0.29) is 22.2 Å². The normalized spacial score (nSPS) is 20.5. The third-order valence-electron chi connectivity index (χ3n) is 4.28. The van der Waals surface area contributed by atoms with Crippen LogP contribution in [0.1, 0.15) is 5.69 Å². The summed E-state index contributed by atoms with van der Waals surface area (Å²) in [4.78, 5) is 58.2. The van der Waals surface area contributed by atoms with Crippen LogP contribution in [0.2, 0.25) is 0 Å². The summed E-state index contributed by atoms with van der Waals surface area (Å²) in [7, 11) is 1.16. The molecule has 164 valence electrons. The minimum absolute atomic E-state index is 0.0878. The Kier molecular flexibility index (Phi) is 6.60. The number of anilines is 1. The summed E-state index contributed by atoms with van der Waals surface area (Å²) in [5.74, 6) is -3.04. The van der Waals surface area contributed by atoms with Crippen LogP contribution in [-0.4, -0.2) is 75.3 Å². The van der Waals surface area contributed by atoms with Gasteiger partial charge in [-0.15, -0.1) is 23.1 Å². The fourth-order valence-corrected chi connectivity index (χ4v) is 4.71. The van der Waals surface area contributed by atoms with Gasteiger partial charge < -0.3 is 25.7 Å². The number of amides is 2. The van der Waals surface area contributed by atoms with Crippen LogP contribution < -0.4 is 11.1 Å². The minimum atomic E-state index is -1.25. The van der Waals surface area contributed by atoms with Gasteiger partial charge in [0.05, 0.1) is 7.11 Å². The summed E-state index contributed by atoms with van der Waals surface area (Å²) in [6.45, 7) is 3.03. The third kappa shape index (κ3) is 4.39. The standard InChI is InChI=1S/C17H17N5O7S2/c1-3-7-5-30-15-11(14(25)22(15)12(7)16(26)27)20-13(24)10(8-6-31-17(18)19-8)21-29-4-9(23)28-2/h3,6,11,15H,1,4-5H2,2H3,(H2,18,19)(H,20,24)(H,26,27)/b21-10-. The van der Waals surface area contributed by atoms with E-state index < -0.39 is 41.8 Å². The highest BCUT2D eigenvalue weighted by Gasteiger charge is 2.54. The van der Waals surface area contributed by atoms with Gasteiger partial charge in [0.25, 0.3) is 11.8 Å². The van der Waals surface area contributed by atoms with Crippen molar-refractivity contribution in [2.75, 3.05) is 25.2 Å². The van der Waals surface area contributed by atoms with Gasteiger partial charge in [0.1, 0.15) is 22.8 Å². The Balaban J connectivity index is 1.78. The lowest BCUT2D eigenvalue weighted by atomic mass is 10.0. The van der Waals surface area contributed by atoms with Crippen LogP contribution in [0.5, 0.6) is 0 Å². The predicted octanol–water partition coefficient (Wildman–Crippen LogP) is -0.456. The first-order valence-electron chi connectivity index (χ1n) is 8.61. The van der Waals surface area contributed by atoms with Gasteiger partial charge in [-0.1, -0.05) is 17.8 Å². The van der Waals surface area contributed by atoms with Crippen LogP contribution in [0.4, 0.5) is 5.13 Å². The van der Waals surface area contributed by atoms with Crippen molar-refractivity contribution in [3.8, 4) is 0 Å². The number of carbonyl (C=O) groups excluding carboxylic acids is 3. The number of nitrogens with one attached hydrogen (secondary N) is 1. The van der Waals surface area contributed by atoms with Gasteiger partial charge in [-0.25, -0.2) is 14.6 Å². The van der Waals surface area contributed by atoms with E-state index in [1.807, 2.05) is 0 Å². The number of aliphatic carboxylic acids is 1. The Bertz CT molecular complexity index is 1020. The molecule has 0 spiro atoms. The minimum Gasteiger partial charge on any atom is -0.477 e. The van der Waals surface area contributed by atoms with E-state index in [9.17, 15) is 24.3 Å². The van der Waals surface area contributed by atoms with Gasteiger partial charge in [-0.2, -0.15) is 0 Å². The number of nitrogens with zero attached hydrogens (tertiary/aromatic N) is 3. The zero-order chi connectivity index (χ0) is 22.7. The second-order valence-electron chi connectivity index (χ2n) is 6.10. The number of β-lactam (4-membered cyclic amide) rings is 1. The molecule has 2 amide bonds. The topological polar surface area (TPSA) is 174 Å². The van der Waals surface area contributed by atoms with E-state index in [4.69, 9.17) is 10.6 Å². The Labute approximate surface area is 183 Å². The molecule has 0 saturated carbocycles. The molecular formula is C17H17N5O7S2. The van der Waals surface area contributed by atoms with Gasteiger partial charge in [-0.05, 0) is 5.57 Å². The molecule has 3 heterocycles. The van der Waals surface area contributed by atoms with Gasteiger partial charge in [0.2, 0.25) is 6.61 Å². The lowest BCUT2D eigenvalue weighted by molar-refractivity contribution is -0.150. The number of oxime groups is 1. The molecule has 3 rings (SSSR count). The van der Waals surface area contributed by atoms with E-state index in [0.29, 0.717) is 11.3 Å². The number of hydrogen-bond acceptors (Lipinski definition) is 11. The molecule has 0 bridgehead atoms. The molecule has 12 nitrogen and oxygen atoms in total. The molecule has 0 aromatic carbocycles. The zero-order valence-electron chi connectivity index (χ0n) is 16.1. The monoisotopic (exact) mass is 467 g/mol. The van der Waals surface area contributed by atoms with Crippen LogP contribution in [0.3, 0.4) is 0 Å². The number of esters is 1. The Morgan fingerprint density at radius 1 is 1.52 bits per heavy atom. The SMILES string of the molecule is C=CC1=C(C(=O)O)N2C(=O)C(NC(=O)/C(=N\OCC(=O)OC)c3csc(N)n3)C2SC1. The lowest BCUT2D eigenvalue weighted by Crippen LogP contribution is -2.71. The predicted molar refractivity (Wildman–Crippen MR) is 111 cm³/mol. The zero-order valence-corrected chi connectivity index (χ0v) is 17.7. The van der Waals surface area contributed by atoms with Crippen molar-refractivity contribution in [1.29, 1.82) is 0 Å². The largest absolute Gasteiger partial charge is 0.477 e. The van der Waals surface area contributed by atoms with E-state index >= 15 is 0 Å². The average molecular weight is 467 g/mol. The molecular weight excluding hydrogens is 450 g/mol. The molecule has 1 aromatic rings. The molecule has 14 heteroatoms. The molecule has 0 radical (unpaired) electrons. The highest BCUT2D eigenvalue weighted by Crippen LogP contribution is 2.40. The third-order valence-corrected chi connectivity index (χ3v) is 6.25. The number of allylic oxidation sites excluding steroid dienone is 1. The number of ether oxygens (including phenoxy) is 1. The number of nitrogen functional groups attached to an aromatic ring is 1. The van der Waals surface area contributed by atoms with Crippen molar-refractivity contribution in [3.05, 3.63) is 35.0 Å². The number of fused-ring (bicyclic) bond motifs is 1. The Hall–Kier alpha value is -3.39. The highest BCUT2D eigenvalue weighted by atomic mass is 32.2. The molecule has 0 aliphatic carbocycles. The van der Waals surface area contributed by atoms with Gasteiger partial charge in [0, 0.05) is 11.1 Å². The number of aromatic nitrogens is 1. The molecule has 2 unspecified atom stereocenters. The number of carbonyl (C=O) groups is 4. The molecule has 2 aliphatic heterocycles. The van der Waals surface area contributed by atoms with Crippen LogP contribution in [-0.2, 0) is 28.8 Å². The summed E-state index contributed by atoms with van der Waals surface area (Å²) in [6, 6.07) is -0.986. The Morgan fingerprint density at radius 3 is 2.84 bits per heavy atom. The number of carboxylic acid groups (broad SMARTS) is 1. The van der Waals surface area contributed by atoms with Crippen molar-refractivity contribution in [2.24, 2.45) is 5.16 Å². The smallest absolute Gasteiger partial charge is 0.352 e. The van der Waals surface area contributed by atoms with Crippen molar-refractivity contribution in [1.82, 2.24) is 15.2 Å². The summed E-state index contributed by atoms with van der Waals surface area (Å²) in [5.41, 5.74) is 5.66. The highest BCUT2D eigenvalue weighted by molar-refractivity contribution is 8.00. The van der Waals surface area contributed by atoms with Crippen molar-refractivity contribution in [2.45, 2.75) is 11.4 Å². The van der Waals surface area contributed by atoms with Crippen LogP contribution in [0, 0.1) is 0 Å². The molecule has 31 heavy (non-hydrogen) atoms. The summed E-state index contributed by atoms with van der Waals surface area (Å²) < 4.78 is 4.43. The number of hydrogen-bond donors (Lipinski definition) is 3. The van der Waals surface area contributed by atoms with Crippen molar-refractivity contribution >= 4 is 57.7 Å². The van der Waals surface area contributed by atoms with E-state index in [1.54, 1.807) is 0 Å². The first-order valence-corrected chi connectivity index (χ1v) is 10.5. The molecule has 1 saturated heterocycles. The lowest BCUT2D eigenvalue weighted by Gasteiger charge is -2.49. The van der Waals surface area contributed by atoms with Gasteiger partial charge >= 0.3 is 11.9 Å². The van der Waals surface area contributed by atoms with Crippen molar-refractivity contribution < 1.29 is 33.9 Å². The number of rotatable bonds is 8. The van der Waals surface area contributed by atoms with E-state index in [0.717, 1.165) is 23.3 Å². The number of carboxylic acids is 1. The maximum atomic E-state index is 12.8. The molecule has 4 N–H and O–H groups in total. The molecule has 2 atom stereocenters. The number of thiazole rings is 1. The molecule has 2 aliphatic rings. The molecule has 1 aromatic heterocycles. The van der Waals surface area contributed by atoms with Crippen LogP contribution >= 0.6 is 23.1 Å². The van der Waals surface area contributed by atoms with Crippen LogP contribution in [0.25, 0.3) is 0 Å². The fraction of sp³-hybridized carbons (Fsp3) is 0.294. The fourth-order valence-electron chi connectivity index (χ4n) is 2.82. The number of methoxy groups -OCH3 is 1. The second-order valence-corrected chi connectivity index (χ2v) is 8.10. The van der Waals surface area contributed by atoms with Gasteiger partial charge in [-0.3, -0.25) is 14.5 Å². The van der Waals surface area contributed by atoms with Crippen LogP contribution in [0.15, 0.2) is 34.5 Å². The second kappa shape index (κ2) is 9.18. The summed E-state index contributed by atoms with van der Waals surface area (Å²) >= 11 is 2.35. The summed E-state index contributed by atoms with van der Waals surface area (Å²) in [6.07, 6.45) is 1.39. The first-order chi connectivity index (χ1) is 14.8. The quantitative estimate of drug-likeness (QED) is 0.196. The van der Waals surface area contributed by atoms with Gasteiger partial charge in [0.15, 0.2) is 10.8 Å². The number of nitrogens with two attached hydrogens (primary N) is 1. The van der Waals surface area contributed by atoms with Crippen molar-refractivity contribution in [3.63, 3.8) is 0 Å². The Morgan fingerprint density at radius 2 is 2.26 bits per heavy atom. The average Bonchev–Trinajstić information content (AvgIpc) is 3.18. The first kappa shape index (κ1) is 22.3. The summed E-state index contributed by atoms with van der Waals surface area (Å²) in [5, 5.41) is 16.7.